The number of methoxy groups -OCH3 is 2. The van der Waals surface area contributed by atoms with E-state index in [0.717, 1.165) is 5.56 Å². The average molecular weight is 351 g/mol. The van der Waals surface area contributed by atoms with Gasteiger partial charge in [-0.05, 0) is 17.9 Å². The van der Waals surface area contributed by atoms with E-state index in [1.54, 1.807) is 7.05 Å². The molecular weight excluding hydrogens is 322 g/mol. The van der Waals surface area contributed by atoms with Crippen LogP contribution in [0.3, 0.4) is 0 Å². The maximum Gasteiger partial charge on any atom is 0.410 e. The Balaban J connectivity index is 2.77. The molecule has 1 amide bonds. The highest BCUT2D eigenvalue weighted by Gasteiger charge is 2.32. The Morgan fingerprint density at radius 2 is 1.76 bits per heavy atom. The van der Waals surface area contributed by atoms with Gasteiger partial charge in [-0.15, -0.1) is 0 Å². The molecule has 6 heteroatoms. The van der Waals surface area contributed by atoms with Crippen LogP contribution in [0.5, 0.6) is 0 Å². The summed E-state index contributed by atoms with van der Waals surface area (Å²) < 4.78 is 15.6. The van der Waals surface area contributed by atoms with E-state index < -0.39 is 12.2 Å². The topological polar surface area (TPSA) is 65.1 Å². The highest BCUT2D eigenvalue weighted by molar-refractivity contribution is 5.71. The van der Waals surface area contributed by atoms with Crippen LogP contribution in [-0.4, -0.2) is 50.4 Å². The first-order valence-corrected chi connectivity index (χ1v) is 8.42. The zero-order chi connectivity index (χ0) is 18.8. The molecule has 6 nitrogen and oxygen atoms in total. The van der Waals surface area contributed by atoms with Crippen LogP contribution in [0.1, 0.15) is 32.3 Å². The number of rotatable bonds is 9. The lowest BCUT2D eigenvalue weighted by Gasteiger charge is -2.34. The van der Waals surface area contributed by atoms with Gasteiger partial charge in [0.1, 0.15) is 6.61 Å². The molecule has 140 valence electrons. The largest absolute Gasteiger partial charge is 0.469 e. The maximum atomic E-state index is 12.4. The number of carbonyl (C=O) groups excluding carboxylic acids is 2. The summed E-state index contributed by atoms with van der Waals surface area (Å²) in [5, 5.41) is 0. The van der Waals surface area contributed by atoms with Gasteiger partial charge in [-0.1, -0.05) is 44.2 Å². The van der Waals surface area contributed by atoms with Gasteiger partial charge in [-0.2, -0.15) is 0 Å². The predicted molar refractivity (Wildman–Crippen MR) is 95.1 cm³/mol. The summed E-state index contributed by atoms with van der Waals surface area (Å²) in [5.41, 5.74) is 0.919. The number of likely N-dealkylation sites (N-methyl/N-ethyl adjacent to an activating group) is 1. The Kier molecular flexibility index (Phi) is 8.99. The molecule has 0 radical (unpaired) electrons. The second kappa shape index (κ2) is 10.7. The van der Waals surface area contributed by atoms with E-state index in [4.69, 9.17) is 14.2 Å². The lowest BCUT2D eigenvalue weighted by molar-refractivity contribution is -0.144. The first-order chi connectivity index (χ1) is 11.9. The van der Waals surface area contributed by atoms with Gasteiger partial charge >= 0.3 is 12.1 Å². The lowest BCUT2D eigenvalue weighted by Crippen LogP contribution is -2.47. The van der Waals surface area contributed by atoms with Crippen molar-refractivity contribution in [3.8, 4) is 0 Å². The molecule has 0 bridgehead atoms. The molecule has 0 heterocycles. The minimum atomic E-state index is -0.455. The molecule has 2 atom stereocenters. The lowest BCUT2D eigenvalue weighted by atomic mass is 9.96. The van der Waals surface area contributed by atoms with Gasteiger partial charge in [-0.25, -0.2) is 4.79 Å². The Morgan fingerprint density at radius 3 is 2.28 bits per heavy atom. The fourth-order valence-corrected chi connectivity index (χ4v) is 2.62. The molecule has 0 N–H and O–H groups in total. The third kappa shape index (κ3) is 7.13. The van der Waals surface area contributed by atoms with Crippen molar-refractivity contribution in [1.82, 2.24) is 4.90 Å². The predicted octanol–water partition coefficient (Wildman–Crippen LogP) is 3.25. The van der Waals surface area contributed by atoms with Gasteiger partial charge in [0.15, 0.2) is 0 Å². The third-order valence-electron chi connectivity index (χ3n) is 4.03. The number of esters is 1. The first kappa shape index (κ1) is 21.0. The van der Waals surface area contributed by atoms with Crippen molar-refractivity contribution >= 4 is 12.1 Å². The quantitative estimate of drug-likeness (QED) is 0.639. The van der Waals surface area contributed by atoms with Crippen molar-refractivity contribution in [1.29, 1.82) is 0 Å². The second-order valence-corrected chi connectivity index (χ2v) is 6.40. The van der Waals surface area contributed by atoms with Crippen molar-refractivity contribution in [2.45, 2.75) is 45.4 Å². The minimum Gasteiger partial charge on any atom is -0.469 e. The molecule has 0 unspecified atom stereocenters. The fourth-order valence-electron chi connectivity index (χ4n) is 2.62. The summed E-state index contributed by atoms with van der Waals surface area (Å²) in [6.45, 7) is 4.31. The van der Waals surface area contributed by atoms with Crippen LogP contribution < -0.4 is 0 Å². The summed E-state index contributed by atoms with van der Waals surface area (Å²) >= 11 is 0. The fraction of sp³-hybridized carbons (Fsp3) is 0.579. The zero-order valence-corrected chi connectivity index (χ0v) is 15.7. The molecule has 0 saturated heterocycles. The van der Waals surface area contributed by atoms with Crippen LogP contribution in [0.2, 0.25) is 0 Å². The molecule has 1 aromatic rings. The molecule has 0 spiro atoms. The summed E-state index contributed by atoms with van der Waals surface area (Å²) in [7, 11) is 4.54. The Labute approximate surface area is 150 Å². The molecule has 0 saturated carbocycles. The molecule has 25 heavy (non-hydrogen) atoms. The number of amides is 1. The highest BCUT2D eigenvalue weighted by atomic mass is 16.6. The molecule has 0 aliphatic heterocycles. The van der Waals surface area contributed by atoms with Gasteiger partial charge in [-0.3, -0.25) is 4.79 Å². The van der Waals surface area contributed by atoms with Crippen molar-refractivity contribution in [3.63, 3.8) is 0 Å². The van der Waals surface area contributed by atoms with Gasteiger partial charge in [0.2, 0.25) is 0 Å². The maximum absolute atomic E-state index is 12.4. The van der Waals surface area contributed by atoms with Gasteiger partial charge < -0.3 is 19.1 Å². The summed E-state index contributed by atoms with van der Waals surface area (Å²) in [5.74, 6) is -0.0451. The number of ether oxygens (including phenoxy) is 3. The molecule has 0 aliphatic carbocycles. The van der Waals surface area contributed by atoms with Crippen molar-refractivity contribution in [3.05, 3.63) is 35.9 Å². The van der Waals surface area contributed by atoms with Crippen molar-refractivity contribution in [2.24, 2.45) is 5.92 Å². The van der Waals surface area contributed by atoms with E-state index in [2.05, 4.69) is 13.8 Å². The summed E-state index contributed by atoms with van der Waals surface area (Å²) in [4.78, 5) is 25.6. The van der Waals surface area contributed by atoms with Crippen LogP contribution >= 0.6 is 0 Å². The molecule has 1 rings (SSSR count). The molecule has 0 aromatic heterocycles. The summed E-state index contributed by atoms with van der Waals surface area (Å²) in [6, 6.07) is 9.21. The molecular formula is C19H29NO5. The van der Waals surface area contributed by atoms with E-state index in [1.807, 2.05) is 30.3 Å². The van der Waals surface area contributed by atoms with Crippen LogP contribution in [0.4, 0.5) is 4.79 Å². The van der Waals surface area contributed by atoms with E-state index in [0.29, 0.717) is 12.3 Å². The first-order valence-electron chi connectivity index (χ1n) is 8.42. The SMILES string of the molecule is COC(=O)C[C@@H](OC)[C@H](CC(C)C)N(C)C(=O)OCc1ccccc1. The smallest absolute Gasteiger partial charge is 0.410 e. The number of carbonyl (C=O) groups is 2. The van der Waals surface area contributed by atoms with E-state index in [-0.39, 0.29) is 25.0 Å². The van der Waals surface area contributed by atoms with Crippen molar-refractivity contribution < 1.29 is 23.8 Å². The molecule has 1 aromatic carbocycles. The monoisotopic (exact) mass is 351 g/mol. The van der Waals surface area contributed by atoms with Gasteiger partial charge in [0, 0.05) is 14.2 Å². The Hall–Kier alpha value is -2.08. The normalized spacial score (nSPS) is 13.2. The second-order valence-electron chi connectivity index (χ2n) is 6.40. The van der Waals surface area contributed by atoms with Crippen LogP contribution in [-0.2, 0) is 25.6 Å². The van der Waals surface area contributed by atoms with E-state index in [1.165, 1.54) is 19.1 Å². The standard InChI is InChI=1S/C19H29NO5/c1-14(2)11-16(17(23-4)12-18(21)24-5)20(3)19(22)25-13-15-9-7-6-8-10-15/h6-10,14,16-17H,11-13H2,1-5H3/t16-,17+/m0/s1. The summed E-state index contributed by atoms with van der Waals surface area (Å²) in [6.07, 6.45) is -0.127. The van der Waals surface area contributed by atoms with Crippen LogP contribution in [0.25, 0.3) is 0 Å². The number of hydrogen-bond acceptors (Lipinski definition) is 5. The van der Waals surface area contributed by atoms with E-state index >= 15 is 0 Å². The van der Waals surface area contributed by atoms with Crippen molar-refractivity contribution in [2.75, 3.05) is 21.3 Å². The van der Waals surface area contributed by atoms with Crippen LogP contribution in [0, 0.1) is 5.92 Å². The number of benzene rings is 1. The van der Waals surface area contributed by atoms with Gasteiger partial charge in [0.25, 0.3) is 0 Å². The zero-order valence-electron chi connectivity index (χ0n) is 15.7. The Morgan fingerprint density at radius 1 is 1.12 bits per heavy atom. The minimum absolute atomic E-state index is 0.0840. The Bertz CT molecular complexity index is 532. The number of nitrogens with zero attached hydrogens (tertiary/aromatic N) is 1. The molecule has 0 fully saturated rings. The van der Waals surface area contributed by atoms with Gasteiger partial charge in [0.05, 0.1) is 25.7 Å². The third-order valence-corrected chi connectivity index (χ3v) is 4.03. The van der Waals surface area contributed by atoms with Crippen LogP contribution in [0.15, 0.2) is 30.3 Å². The highest BCUT2D eigenvalue weighted by Crippen LogP contribution is 2.20. The van der Waals surface area contributed by atoms with E-state index in [9.17, 15) is 9.59 Å². The average Bonchev–Trinajstić information content (AvgIpc) is 2.62. The number of hydrogen-bond donors (Lipinski definition) is 0. The molecule has 0 aliphatic rings.